The van der Waals surface area contributed by atoms with Gasteiger partial charge in [-0.05, 0) is 44.0 Å². The number of anilines is 2. The lowest BCUT2D eigenvalue weighted by atomic mass is 10.1. The van der Waals surface area contributed by atoms with Gasteiger partial charge in [0.1, 0.15) is 5.75 Å². The topological polar surface area (TPSA) is 84.8 Å². The number of pyridine rings is 1. The molecule has 2 aliphatic heterocycles. The van der Waals surface area contributed by atoms with E-state index < -0.39 is 0 Å². The second-order valence-corrected chi connectivity index (χ2v) is 8.75. The first-order valence-electron chi connectivity index (χ1n) is 12.0. The molecule has 5 rings (SSSR count). The molecule has 1 N–H and O–H groups in total. The van der Waals surface area contributed by atoms with Crippen molar-refractivity contribution in [1.82, 2.24) is 19.7 Å². The highest BCUT2D eigenvalue weighted by Gasteiger charge is 2.27. The Kier molecular flexibility index (Phi) is 6.53. The minimum Gasteiger partial charge on any atom is -0.497 e. The Balaban J connectivity index is 1.36. The van der Waals surface area contributed by atoms with Gasteiger partial charge in [-0.3, -0.25) is 4.79 Å². The van der Waals surface area contributed by atoms with Crippen LogP contribution in [0.5, 0.6) is 5.75 Å². The summed E-state index contributed by atoms with van der Waals surface area (Å²) in [4.78, 5) is 22.5. The molecular weight excluding hydrogens is 432 g/mol. The summed E-state index contributed by atoms with van der Waals surface area (Å²) in [5, 5.41) is 9.04. The number of nitrogens with zero attached hydrogens (tertiary/aromatic N) is 5. The standard InChI is InChI=1S/C25H32N6O3/c1-3-31-24-21(17-27-31)23(28-18-8-14-34-15-9-18)22(16-26-24)25(32)30-12-10-29(11-13-30)19-4-6-20(33-2)7-5-19/h4-7,16-18H,3,8-15H2,1-2H3,(H,26,28). The summed E-state index contributed by atoms with van der Waals surface area (Å²) in [6, 6.07) is 8.34. The first kappa shape index (κ1) is 22.5. The van der Waals surface area contributed by atoms with Crippen molar-refractivity contribution in [1.29, 1.82) is 0 Å². The fourth-order valence-electron chi connectivity index (χ4n) is 4.75. The Morgan fingerprint density at radius 3 is 2.53 bits per heavy atom. The van der Waals surface area contributed by atoms with Crippen LogP contribution >= 0.6 is 0 Å². The molecule has 4 heterocycles. The van der Waals surface area contributed by atoms with Crippen LogP contribution in [-0.4, -0.2) is 78.1 Å². The molecule has 180 valence electrons. The van der Waals surface area contributed by atoms with Crippen LogP contribution in [-0.2, 0) is 11.3 Å². The number of carbonyl (C=O) groups is 1. The number of amides is 1. The number of fused-ring (bicyclic) bond motifs is 1. The largest absolute Gasteiger partial charge is 0.497 e. The summed E-state index contributed by atoms with van der Waals surface area (Å²) in [7, 11) is 1.67. The Morgan fingerprint density at radius 2 is 1.85 bits per heavy atom. The van der Waals surface area contributed by atoms with Gasteiger partial charge in [0.05, 0.1) is 29.9 Å². The van der Waals surface area contributed by atoms with Crippen LogP contribution in [0.2, 0.25) is 0 Å². The molecule has 2 aromatic heterocycles. The first-order valence-corrected chi connectivity index (χ1v) is 12.0. The fraction of sp³-hybridized carbons (Fsp3) is 0.480. The fourth-order valence-corrected chi connectivity index (χ4v) is 4.75. The molecule has 2 fully saturated rings. The maximum atomic E-state index is 13.7. The molecule has 0 unspecified atom stereocenters. The minimum absolute atomic E-state index is 0.0163. The lowest BCUT2D eigenvalue weighted by Crippen LogP contribution is -2.49. The predicted molar refractivity (Wildman–Crippen MR) is 132 cm³/mol. The molecular formula is C25H32N6O3. The van der Waals surface area contributed by atoms with Crippen LogP contribution in [0.3, 0.4) is 0 Å². The monoisotopic (exact) mass is 464 g/mol. The maximum absolute atomic E-state index is 13.7. The minimum atomic E-state index is 0.0163. The van der Waals surface area contributed by atoms with Gasteiger partial charge in [-0.25, -0.2) is 9.67 Å². The molecule has 3 aromatic rings. The molecule has 0 saturated carbocycles. The maximum Gasteiger partial charge on any atom is 0.257 e. The first-order chi connectivity index (χ1) is 16.7. The summed E-state index contributed by atoms with van der Waals surface area (Å²) >= 11 is 0. The predicted octanol–water partition coefficient (Wildman–Crippen LogP) is 3.01. The van der Waals surface area contributed by atoms with E-state index in [0.29, 0.717) is 18.7 Å². The zero-order chi connectivity index (χ0) is 23.5. The van der Waals surface area contributed by atoms with Crippen LogP contribution in [0.4, 0.5) is 11.4 Å². The molecule has 0 aliphatic carbocycles. The summed E-state index contributed by atoms with van der Waals surface area (Å²) in [5.41, 5.74) is 3.41. The third-order valence-electron chi connectivity index (χ3n) is 6.77. The van der Waals surface area contributed by atoms with Crippen molar-refractivity contribution in [2.75, 3.05) is 56.7 Å². The van der Waals surface area contributed by atoms with Crippen LogP contribution in [0.25, 0.3) is 11.0 Å². The number of aryl methyl sites for hydroxylation is 1. The van der Waals surface area contributed by atoms with Gasteiger partial charge in [0, 0.05) is 63.9 Å². The van der Waals surface area contributed by atoms with E-state index in [1.165, 1.54) is 0 Å². The van der Waals surface area contributed by atoms with Crippen LogP contribution < -0.4 is 15.0 Å². The van der Waals surface area contributed by atoms with Crippen molar-refractivity contribution in [2.24, 2.45) is 0 Å². The van der Waals surface area contributed by atoms with Crippen molar-refractivity contribution >= 4 is 28.3 Å². The number of hydrogen-bond acceptors (Lipinski definition) is 7. The van der Waals surface area contributed by atoms with Crippen molar-refractivity contribution in [3.63, 3.8) is 0 Å². The van der Waals surface area contributed by atoms with E-state index in [-0.39, 0.29) is 11.9 Å². The van der Waals surface area contributed by atoms with Gasteiger partial charge < -0.3 is 24.6 Å². The zero-order valence-electron chi connectivity index (χ0n) is 19.9. The molecule has 0 radical (unpaired) electrons. The highest BCUT2D eigenvalue weighted by Crippen LogP contribution is 2.30. The number of piperazine rings is 1. The summed E-state index contributed by atoms with van der Waals surface area (Å²) in [6.07, 6.45) is 5.38. The molecule has 34 heavy (non-hydrogen) atoms. The van der Waals surface area contributed by atoms with Gasteiger partial charge in [0.2, 0.25) is 0 Å². The Bertz CT molecular complexity index is 1130. The third-order valence-corrected chi connectivity index (χ3v) is 6.77. The summed E-state index contributed by atoms with van der Waals surface area (Å²) in [5.74, 6) is 0.860. The average molecular weight is 465 g/mol. The van der Waals surface area contributed by atoms with Crippen molar-refractivity contribution in [2.45, 2.75) is 32.4 Å². The number of carbonyl (C=O) groups excluding carboxylic acids is 1. The number of rotatable bonds is 6. The van der Waals surface area contributed by atoms with Gasteiger partial charge >= 0.3 is 0 Å². The number of hydrogen-bond donors (Lipinski definition) is 1. The van der Waals surface area contributed by atoms with Gasteiger partial charge in [-0.15, -0.1) is 0 Å². The normalized spacial score (nSPS) is 17.2. The highest BCUT2D eigenvalue weighted by atomic mass is 16.5. The Labute approximate surface area is 199 Å². The highest BCUT2D eigenvalue weighted by molar-refractivity contribution is 6.06. The van der Waals surface area contributed by atoms with E-state index in [4.69, 9.17) is 9.47 Å². The zero-order valence-corrected chi connectivity index (χ0v) is 19.9. The smallest absolute Gasteiger partial charge is 0.257 e. The van der Waals surface area contributed by atoms with E-state index in [1.807, 2.05) is 34.8 Å². The molecule has 0 bridgehead atoms. The molecule has 0 atom stereocenters. The molecule has 1 aromatic carbocycles. The van der Waals surface area contributed by atoms with Crippen LogP contribution in [0.1, 0.15) is 30.1 Å². The van der Waals surface area contributed by atoms with Gasteiger partial charge in [-0.1, -0.05) is 0 Å². The second kappa shape index (κ2) is 9.89. The molecule has 2 saturated heterocycles. The Hall–Kier alpha value is -3.33. The lowest BCUT2D eigenvalue weighted by Gasteiger charge is -2.36. The second-order valence-electron chi connectivity index (χ2n) is 8.75. The van der Waals surface area contributed by atoms with Crippen LogP contribution in [0.15, 0.2) is 36.7 Å². The lowest BCUT2D eigenvalue weighted by molar-refractivity contribution is 0.0747. The third kappa shape index (κ3) is 4.40. The number of aromatic nitrogens is 3. The summed E-state index contributed by atoms with van der Waals surface area (Å²) < 4.78 is 12.7. The van der Waals surface area contributed by atoms with Crippen molar-refractivity contribution < 1.29 is 14.3 Å². The van der Waals surface area contributed by atoms with E-state index in [1.54, 1.807) is 13.3 Å². The van der Waals surface area contributed by atoms with E-state index >= 15 is 0 Å². The molecule has 2 aliphatic rings. The number of methoxy groups -OCH3 is 1. The Morgan fingerprint density at radius 1 is 1.12 bits per heavy atom. The SMILES string of the molecule is CCn1ncc2c(NC3CCOCC3)c(C(=O)N3CCN(c4ccc(OC)cc4)CC3)cnc21. The number of nitrogens with one attached hydrogen (secondary N) is 1. The van der Waals surface area contributed by atoms with Gasteiger partial charge in [0.15, 0.2) is 5.65 Å². The van der Waals surface area contributed by atoms with E-state index in [9.17, 15) is 4.79 Å². The van der Waals surface area contributed by atoms with Crippen molar-refractivity contribution in [3.8, 4) is 5.75 Å². The summed E-state index contributed by atoms with van der Waals surface area (Å²) in [6.45, 7) is 7.12. The van der Waals surface area contributed by atoms with E-state index in [0.717, 1.165) is 73.8 Å². The van der Waals surface area contributed by atoms with Crippen molar-refractivity contribution in [3.05, 3.63) is 42.2 Å². The van der Waals surface area contributed by atoms with Gasteiger partial charge in [0.25, 0.3) is 5.91 Å². The molecule has 9 heteroatoms. The number of ether oxygens (including phenoxy) is 2. The average Bonchev–Trinajstić information content (AvgIpc) is 3.33. The quantitative estimate of drug-likeness (QED) is 0.600. The molecule has 1 amide bonds. The van der Waals surface area contributed by atoms with Crippen LogP contribution in [0, 0.1) is 0 Å². The molecule has 0 spiro atoms. The molecule has 9 nitrogen and oxygen atoms in total. The van der Waals surface area contributed by atoms with E-state index in [2.05, 4.69) is 32.4 Å². The number of benzene rings is 1. The van der Waals surface area contributed by atoms with Gasteiger partial charge in [-0.2, -0.15) is 5.10 Å².